The third-order valence-electron chi connectivity index (χ3n) is 5.61. The average molecular weight is 411 g/mol. The smallest absolute Gasteiger partial charge is 0.253 e. The van der Waals surface area contributed by atoms with Gasteiger partial charge in [-0.15, -0.1) is 0 Å². The number of anilines is 1. The summed E-state index contributed by atoms with van der Waals surface area (Å²) < 4.78 is 15.5. The molecule has 0 spiro atoms. The average Bonchev–Trinajstić information content (AvgIpc) is 3.48. The van der Waals surface area contributed by atoms with Crippen molar-refractivity contribution >= 4 is 11.7 Å². The lowest BCUT2D eigenvalue weighted by atomic mass is 10.1. The highest BCUT2D eigenvalue weighted by Crippen LogP contribution is 2.34. The van der Waals surface area contributed by atoms with Crippen LogP contribution in [-0.4, -0.2) is 55.3 Å². The summed E-state index contributed by atoms with van der Waals surface area (Å²) in [6, 6.07) is 3.01. The molecule has 0 saturated carbocycles. The lowest BCUT2D eigenvalue weighted by Crippen LogP contribution is -2.39. The van der Waals surface area contributed by atoms with E-state index in [1.54, 1.807) is 10.9 Å². The van der Waals surface area contributed by atoms with Crippen LogP contribution in [0.1, 0.15) is 24.4 Å². The molecule has 156 valence electrons. The Hall–Kier alpha value is -3.40. The number of hydrogen-bond donors (Lipinski definition) is 2. The molecular weight excluding hydrogens is 389 g/mol. The van der Waals surface area contributed by atoms with Crippen molar-refractivity contribution < 1.29 is 9.50 Å². The van der Waals surface area contributed by atoms with Gasteiger partial charge >= 0.3 is 0 Å². The van der Waals surface area contributed by atoms with Crippen LogP contribution in [0, 0.1) is 5.82 Å². The Bertz CT molecular complexity index is 1100. The van der Waals surface area contributed by atoms with Crippen LogP contribution in [0.4, 0.5) is 10.2 Å². The number of nitrogens with one attached hydrogen (secondary N) is 1. The minimum absolute atomic E-state index is 0.0104. The molecule has 2 aromatic rings. The van der Waals surface area contributed by atoms with Crippen molar-refractivity contribution in [3.63, 3.8) is 0 Å². The van der Waals surface area contributed by atoms with E-state index in [1.165, 1.54) is 6.07 Å². The first kappa shape index (κ1) is 18.6. The first-order valence-corrected chi connectivity index (χ1v) is 9.97. The molecule has 5 heterocycles. The predicted molar refractivity (Wildman–Crippen MR) is 109 cm³/mol. The summed E-state index contributed by atoms with van der Waals surface area (Å²) in [7, 11) is 0. The van der Waals surface area contributed by atoms with E-state index in [2.05, 4.69) is 15.0 Å². The first-order chi connectivity index (χ1) is 14.7. The van der Waals surface area contributed by atoms with Gasteiger partial charge in [-0.2, -0.15) is 5.10 Å². The van der Waals surface area contributed by atoms with E-state index >= 15 is 0 Å². The monoisotopic (exact) mass is 411 g/mol. The molecule has 9 nitrogen and oxygen atoms in total. The van der Waals surface area contributed by atoms with Crippen LogP contribution in [0.5, 0.6) is 0 Å². The quantitative estimate of drug-likeness (QED) is 0.789. The summed E-state index contributed by atoms with van der Waals surface area (Å²) in [6.07, 6.45) is 10.3. The van der Waals surface area contributed by atoms with Gasteiger partial charge in [0.05, 0.1) is 31.9 Å². The molecular formula is C20H22FN7O2. The van der Waals surface area contributed by atoms with Gasteiger partial charge in [0, 0.05) is 30.6 Å². The zero-order chi connectivity index (χ0) is 20.7. The van der Waals surface area contributed by atoms with Crippen molar-refractivity contribution in [3.8, 4) is 0 Å². The Morgan fingerprint density at radius 1 is 1.37 bits per heavy atom. The molecule has 0 amide bonds. The summed E-state index contributed by atoms with van der Waals surface area (Å²) in [5, 5.41) is 17.5. The van der Waals surface area contributed by atoms with Gasteiger partial charge in [-0.05, 0) is 31.1 Å². The summed E-state index contributed by atoms with van der Waals surface area (Å²) in [5.74, 6) is 1.96. The SMILES string of the molecule is O=c1[nH]cc(F)cc1[C@H]1CCCN1C1=NC2=CCN(c3ccnn3CCO)N2C=C1. The molecule has 2 N–H and O–H groups in total. The van der Waals surface area contributed by atoms with Crippen molar-refractivity contribution in [1.82, 2.24) is 24.7 Å². The van der Waals surface area contributed by atoms with E-state index in [0.717, 1.165) is 43.1 Å². The van der Waals surface area contributed by atoms with Crippen molar-refractivity contribution in [2.24, 2.45) is 4.99 Å². The molecule has 0 unspecified atom stereocenters. The van der Waals surface area contributed by atoms with Crippen LogP contribution in [-0.2, 0) is 6.54 Å². The van der Waals surface area contributed by atoms with Crippen LogP contribution < -0.4 is 10.6 Å². The molecule has 1 atom stereocenters. The largest absolute Gasteiger partial charge is 0.394 e. The number of hydrogen-bond acceptors (Lipinski definition) is 7. The molecule has 5 rings (SSSR count). The first-order valence-electron chi connectivity index (χ1n) is 9.97. The molecule has 1 fully saturated rings. The van der Waals surface area contributed by atoms with Gasteiger partial charge in [-0.1, -0.05) is 0 Å². The lowest BCUT2D eigenvalue weighted by Gasteiger charge is -2.34. The molecule has 10 heteroatoms. The van der Waals surface area contributed by atoms with E-state index in [9.17, 15) is 14.3 Å². The van der Waals surface area contributed by atoms with E-state index in [0.29, 0.717) is 18.7 Å². The van der Waals surface area contributed by atoms with Gasteiger partial charge in [-0.3, -0.25) is 9.80 Å². The zero-order valence-corrected chi connectivity index (χ0v) is 16.3. The summed E-state index contributed by atoms with van der Waals surface area (Å²) >= 11 is 0. The number of likely N-dealkylation sites (tertiary alicyclic amines) is 1. The van der Waals surface area contributed by atoms with Crippen LogP contribution in [0.25, 0.3) is 0 Å². The second kappa shape index (κ2) is 7.45. The van der Waals surface area contributed by atoms with E-state index in [1.807, 2.05) is 34.4 Å². The number of aliphatic hydroxyl groups is 1. The second-order valence-corrected chi connectivity index (χ2v) is 7.36. The van der Waals surface area contributed by atoms with Crippen molar-refractivity contribution in [2.75, 3.05) is 24.7 Å². The Kier molecular flexibility index (Phi) is 4.62. The molecule has 2 aromatic heterocycles. The number of aromatic amines is 1. The number of aliphatic hydroxyl groups excluding tert-OH is 1. The number of halogens is 1. The van der Waals surface area contributed by atoms with Crippen LogP contribution in [0.2, 0.25) is 0 Å². The van der Waals surface area contributed by atoms with Crippen molar-refractivity contribution in [3.05, 3.63) is 70.4 Å². The van der Waals surface area contributed by atoms with Gasteiger partial charge in [0.25, 0.3) is 5.56 Å². The maximum atomic E-state index is 13.7. The van der Waals surface area contributed by atoms with Crippen molar-refractivity contribution in [1.29, 1.82) is 0 Å². The topological polar surface area (TPSA) is 93.0 Å². The summed E-state index contributed by atoms with van der Waals surface area (Å²) in [5.41, 5.74) is 0.166. The highest BCUT2D eigenvalue weighted by atomic mass is 19.1. The van der Waals surface area contributed by atoms with Crippen LogP contribution in [0.3, 0.4) is 0 Å². The van der Waals surface area contributed by atoms with E-state index < -0.39 is 5.82 Å². The molecule has 3 aliphatic heterocycles. The number of nitrogens with zero attached hydrogens (tertiary/aromatic N) is 6. The fraction of sp³-hybridized carbons (Fsp3) is 0.350. The van der Waals surface area contributed by atoms with Gasteiger partial charge in [-0.25, -0.2) is 19.1 Å². The number of rotatable bonds is 4. The lowest BCUT2D eigenvalue weighted by molar-refractivity contribution is 0.268. The molecule has 0 bridgehead atoms. The number of fused-ring (bicyclic) bond motifs is 1. The third kappa shape index (κ3) is 3.09. The molecule has 3 aliphatic rings. The molecule has 30 heavy (non-hydrogen) atoms. The number of amidine groups is 1. The number of aromatic nitrogens is 3. The number of H-pyrrole nitrogens is 1. The van der Waals surface area contributed by atoms with Crippen molar-refractivity contribution in [2.45, 2.75) is 25.4 Å². The summed E-state index contributed by atoms with van der Waals surface area (Å²) in [6.45, 7) is 1.80. The minimum atomic E-state index is -0.447. The molecule has 0 aromatic carbocycles. The van der Waals surface area contributed by atoms with Gasteiger partial charge in [0.2, 0.25) is 0 Å². The maximum absolute atomic E-state index is 13.7. The molecule has 0 aliphatic carbocycles. The maximum Gasteiger partial charge on any atom is 0.253 e. The standard InChI is InChI=1S/C20H22FN7O2/c21-14-12-15(20(30)22-13-14)16-2-1-7-25(16)17-4-8-27-18(24-17)5-9-28(27)19-3-6-23-26(19)10-11-29/h3-6,8,12-13,16,29H,1-2,7,9-11H2,(H,22,30)/t16-/m1/s1. The Balaban J connectivity index is 1.39. The fourth-order valence-electron chi connectivity index (χ4n) is 4.28. The second-order valence-electron chi connectivity index (χ2n) is 7.36. The minimum Gasteiger partial charge on any atom is -0.394 e. The predicted octanol–water partition coefficient (Wildman–Crippen LogP) is 1.34. The van der Waals surface area contributed by atoms with E-state index in [-0.39, 0.29) is 18.2 Å². The number of pyridine rings is 1. The molecule has 1 saturated heterocycles. The highest BCUT2D eigenvalue weighted by Gasteiger charge is 2.33. The van der Waals surface area contributed by atoms with Gasteiger partial charge < -0.3 is 15.0 Å². The number of aliphatic imine (C=N–C) groups is 1. The normalized spacial score (nSPS) is 20.6. The van der Waals surface area contributed by atoms with Crippen LogP contribution >= 0.6 is 0 Å². The summed E-state index contributed by atoms with van der Waals surface area (Å²) in [4.78, 5) is 21.6. The Labute approximate surface area is 172 Å². The van der Waals surface area contributed by atoms with Gasteiger partial charge in [0.1, 0.15) is 17.5 Å². The Morgan fingerprint density at radius 2 is 2.27 bits per heavy atom. The Morgan fingerprint density at radius 3 is 3.13 bits per heavy atom. The number of hydrazine groups is 1. The van der Waals surface area contributed by atoms with Gasteiger partial charge in [0.15, 0.2) is 5.82 Å². The molecule has 0 radical (unpaired) electrons. The fourth-order valence-corrected chi connectivity index (χ4v) is 4.28. The highest BCUT2D eigenvalue weighted by molar-refractivity contribution is 5.95. The van der Waals surface area contributed by atoms with Crippen LogP contribution in [0.15, 0.2) is 58.5 Å². The zero-order valence-electron chi connectivity index (χ0n) is 16.3. The van der Waals surface area contributed by atoms with E-state index in [4.69, 9.17) is 4.99 Å². The third-order valence-corrected chi connectivity index (χ3v) is 5.61.